The molecule has 0 radical (unpaired) electrons. The van der Waals surface area contributed by atoms with E-state index in [1.165, 1.54) is 22.0 Å². The molecule has 0 bridgehead atoms. The zero-order chi connectivity index (χ0) is 20.8. The maximum absolute atomic E-state index is 12.4. The number of allylic oxidation sites excluding steroid dienone is 2. The first kappa shape index (κ1) is 22.5. The third-order valence-corrected chi connectivity index (χ3v) is 6.47. The first-order valence-corrected chi connectivity index (χ1v) is 10.6. The molecule has 2 heterocycles. The minimum atomic E-state index is -0.939. The lowest BCUT2D eigenvalue weighted by Crippen LogP contribution is -2.29. The summed E-state index contributed by atoms with van der Waals surface area (Å²) >= 11 is 12.5. The van der Waals surface area contributed by atoms with Crippen molar-refractivity contribution in [2.24, 2.45) is 0 Å². The SMILES string of the molecule is O=C(O)CCCN1C(=O)/C(=C\C=C2\SC(=S)N(CCCC(=O)O)C2=O)SC1=S. The van der Waals surface area contributed by atoms with E-state index in [0.717, 1.165) is 23.5 Å². The molecule has 0 aromatic carbocycles. The standard InChI is InChI=1S/C16H16N2O6S4/c19-11(20)3-1-7-17-13(23)9(27-15(17)25)5-6-10-14(24)18(16(26)28-10)8-2-4-12(21)22/h5-6H,1-4,7-8H2,(H,19,20)(H,21,22)/b9-5+,10-6+. The molecule has 12 heteroatoms. The minimum absolute atomic E-state index is 0.0551. The zero-order valence-electron chi connectivity index (χ0n) is 14.5. The molecule has 0 spiro atoms. The summed E-state index contributed by atoms with van der Waals surface area (Å²) in [6, 6.07) is 0. The molecule has 2 amide bonds. The molecule has 2 aliphatic rings. The Bertz CT molecular complexity index is 741. The van der Waals surface area contributed by atoms with E-state index < -0.39 is 11.9 Å². The first-order chi connectivity index (χ1) is 13.2. The van der Waals surface area contributed by atoms with Crippen molar-refractivity contribution in [1.82, 2.24) is 9.80 Å². The first-order valence-electron chi connectivity index (χ1n) is 8.13. The number of hydrogen-bond donors (Lipinski definition) is 2. The maximum Gasteiger partial charge on any atom is 0.303 e. The van der Waals surface area contributed by atoms with Gasteiger partial charge in [-0.25, -0.2) is 0 Å². The molecule has 0 aromatic rings. The number of carbonyl (C=O) groups excluding carboxylic acids is 2. The van der Waals surface area contributed by atoms with Crippen molar-refractivity contribution < 1.29 is 29.4 Å². The van der Waals surface area contributed by atoms with Gasteiger partial charge < -0.3 is 10.2 Å². The van der Waals surface area contributed by atoms with Crippen LogP contribution in [-0.4, -0.2) is 65.5 Å². The normalized spacial score (nSPS) is 20.1. The van der Waals surface area contributed by atoms with E-state index in [2.05, 4.69) is 0 Å². The summed E-state index contributed by atoms with van der Waals surface area (Å²) in [6.45, 7) is 0.444. The van der Waals surface area contributed by atoms with Crippen molar-refractivity contribution in [3.63, 3.8) is 0 Å². The monoisotopic (exact) mass is 460 g/mol. The Morgan fingerprint density at radius 2 is 1.18 bits per heavy atom. The number of thioether (sulfide) groups is 2. The van der Waals surface area contributed by atoms with Crippen LogP contribution in [0, 0.1) is 0 Å². The number of rotatable bonds is 9. The highest BCUT2D eigenvalue weighted by molar-refractivity contribution is 8.27. The summed E-state index contributed by atoms with van der Waals surface area (Å²) in [6.07, 6.45) is 3.48. The molecule has 2 N–H and O–H groups in total. The average Bonchev–Trinajstić information content (AvgIpc) is 3.03. The predicted octanol–water partition coefficient (Wildman–Crippen LogP) is 2.20. The molecule has 0 aliphatic carbocycles. The number of aliphatic carboxylic acids is 2. The summed E-state index contributed by atoms with van der Waals surface area (Å²) in [4.78, 5) is 49.4. The van der Waals surface area contributed by atoms with Gasteiger partial charge in [-0.2, -0.15) is 0 Å². The average molecular weight is 461 g/mol. The summed E-state index contributed by atoms with van der Waals surface area (Å²) in [5.41, 5.74) is 0. The molecular formula is C16H16N2O6S4. The van der Waals surface area contributed by atoms with E-state index in [1.807, 2.05) is 0 Å². The third kappa shape index (κ3) is 5.87. The van der Waals surface area contributed by atoms with Crippen LogP contribution in [0.2, 0.25) is 0 Å². The molecule has 2 saturated heterocycles. The van der Waals surface area contributed by atoms with Gasteiger partial charge in [0, 0.05) is 25.9 Å². The molecule has 28 heavy (non-hydrogen) atoms. The fourth-order valence-electron chi connectivity index (χ4n) is 2.34. The molecule has 2 rings (SSSR count). The molecule has 8 nitrogen and oxygen atoms in total. The van der Waals surface area contributed by atoms with Crippen LogP contribution >= 0.6 is 48.0 Å². The van der Waals surface area contributed by atoms with Gasteiger partial charge in [0.15, 0.2) is 0 Å². The number of nitrogens with zero attached hydrogens (tertiary/aromatic N) is 2. The van der Waals surface area contributed by atoms with Crippen LogP contribution in [0.5, 0.6) is 0 Å². The van der Waals surface area contributed by atoms with Crippen LogP contribution in [0.1, 0.15) is 25.7 Å². The van der Waals surface area contributed by atoms with Gasteiger partial charge in [-0.3, -0.25) is 29.0 Å². The van der Waals surface area contributed by atoms with Crippen molar-refractivity contribution in [1.29, 1.82) is 0 Å². The molecule has 0 unspecified atom stereocenters. The van der Waals surface area contributed by atoms with Gasteiger partial charge in [-0.15, -0.1) is 0 Å². The lowest BCUT2D eigenvalue weighted by molar-refractivity contribution is -0.138. The Kier molecular flexibility index (Phi) is 8.16. The van der Waals surface area contributed by atoms with E-state index in [9.17, 15) is 19.2 Å². The fourth-order valence-corrected chi connectivity index (χ4v) is 4.84. The second kappa shape index (κ2) is 10.1. The summed E-state index contributed by atoms with van der Waals surface area (Å²) in [5, 5.41) is 17.4. The smallest absolute Gasteiger partial charge is 0.303 e. The summed E-state index contributed by atoms with van der Waals surface area (Å²) < 4.78 is 0.688. The van der Waals surface area contributed by atoms with Crippen LogP contribution in [-0.2, 0) is 19.2 Å². The Hall–Kier alpha value is -1.76. The molecule has 2 fully saturated rings. The van der Waals surface area contributed by atoms with Crippen LogP contribution in [0.4, 0.5) is 0 Å². The van der Waals surface area contributed by atoms with E-state index in [4.69, 9.17) is 34.6 Å². The second-order valence-electron chi connectivity index (χ2n) is 5.71. The lowest BCUT2D eigenvalue weighted by atomic mass is 10.3. The quantitative estimate of drug-likeness (QED) is 0.392. The van der Waals surface area contributed by atoms with Crippen molar-refractivity contribution in [3.8, 4) is 0 Å². The fraction of sp³-hybridized carbons (Fsp3) is 0.375. The van der Waals surface area contributed by atoms with Crippen LogP contribution in [0.15, 0.2) is 22.0 Å². The van der Waals surface area contributed by atoms with Crippen LogP contribution in [0.3, 0.4) is 0 Å². The highest BCUT2D eigenvalue weighted by Crippen LogP contribution is 2.34. The minimum Gasteiger partial charge on any atom is -0.481 e. The van der Waals surface area contributed by atoms with Crippen molar-refractivity contribution >= 4 is 80.4 Å². The Balaban J connectivity index is 2.00. The maximum atomic E-state index is 12.4. The molecular weight excluding hydrogens is 444 g/mol. The summed E-state index contributed by atoms with van der Waals surface area (Å²) in [7, 11) is 0. The predicted molar refractivity (Wildman–Crippen MR) is 114 cm³/mol. The highest BCUT2D eigenvalue weighted by Gasteiger charge is 2.33. The Morgan fingerprint density at radius 1 is 0.821 bits per heavy atom. The lowest BCUT2D eigenvalue weighted by Gasteiger charge is -2.13. The zero-order valence-corrected chi connectivity index (χ0v) is 17.7. The number of hydrogen-bond acceptors (Lipinski definition) is 8. The van der Waals surface area contributed by atoms with Gasteiger partial charge in [-0.1, -0.05) is 48.0 Å². The largest absolute Gasteiger partial charge is 0.481 e. The van der Waals surface area contributed by atoms with E-state index >= 15 is 0 Å². The number of amides is 2. The van der Waals surface area contributed by atoms with Gasteiger partial charge in [-0.05, 0) is 25.0 Å². The van der Waals surface area contributed by atoms with Crippen LogP contribution in [0.25, 0.3) is 0 Å². The van der Waals surface area contributed by atoms with Gasteiger partial charge in [0.25, 0.3) is 11.8 Å². The summed E-state index contributed by atoms with van der Waals surface area (Å²) in [5.74, 6) is -2.53. The van der Waals surface area contributed by atoms with Crippen molar-refractivity contribution in [3.05, 3.63) is 22.0 Å². The number of carboxylic acids is 2. The highest BCUT2D eigenvalue weighted by atomic mass is 32.2. The van der Waals surface area contributed by atoms with Crippen molar-refractivity contribution in [2.75, 3.05) is 13.1 Å². The molecule has 0 atom stereocenters. The molecule has 2 aliphatic heterocycles. The number of carboxylic acid groups (broad SMARTS) is 2. The van der Waals surface area contributed by atoms with Gasteiger partial charge in [0.1, 0.15) is 8.64 Å². The Morgan fingerprint density at radius 3 is 1.50 bits per heavy atom. The topological polar surface area (TPSA) is 115 Å². The molecule has 0 saturated carbocycles. The van der Waals surface area contributed by atoms with E-state index in [0.29, 0.717) is 31.3 Å². The number of thiocarbonyl (C=S) groups is 2. The van der Waals surface area contributed by atoms with Crippen molar-refractivity contribution in [2.45, 2.75) is 25.7 Å². The molecule has 0 aromatic heterocycles. The van der Waals surface area contributed by atoms with Crippen LogP contribution < -0.4 is 0 Å². The second-order valence-corrected chi connectivity index (χ2v) is 9.06. The van der Waals surface area contributed by atoms with Gasteiger partial charge >= 0.3 is 11.9 Å². The van der Waals surface area contributed by atoms with E-state index in [-0.39, 0.29) is 37.7 Å². The van der Waals surface area contributed by atoms with Gasteiger partial charge in [0.2, 0.25) is 0 Å². The third-order valence-electron chi connectivity index (χ3n) is 3.68. The van der Waals surface area contributed by atoms with Gasteiger partial charge in [0.05, 0.1) is 9.81 Å². The molecule has 150 valence electrons. The number of carbonyl (C=O) groups is 4. The van der Waals surface area contributed by atoms with E-state index in [1.54, 1.807) is 0 Å². The Labute approximate surface area is 180 Å².